The lowest BCUT2D eigenvalue weighted by molar-refractivity contribution is 0.0520. The number of hydrogen-bond acceptors (Lipinski definition) is 7. The van der Waals surface area contributed by atoms with E-state index >= 15 is 0 Å². The number of aromatic amines is 1. The van der Waals surface area contributed by atoms with Crippen molar-refractivity contribution in [2.75, 3.05) is 13.2 Å². The minimum atomic E-state index is -1.67. The summed E-state index contributed by atoms with van der Waals surface area (Å²) in [5.74, 6) is -0.180. The highest BCUT2D eigenvalue weighted by molar-refractivity contribution is 6.58. The Balaban J connectivity index is 2.48. The van der Waals surface area contributed by atoms with Crippen molar-refractivity contribution in [2.24, 2.45) is 0 Å². The van der Waals surface area contributed by atoms with Crippen molar-refractivity contribution in [3.63, 3.8) is 0 Å². The number of ether oxygens (including phenoxy) is 2. The molecule has 0 bridgehead atoms. The quantitative estimate of drug-likeness (QED) is 0.496. The van der Waals surface area contributed by atoms with Crippen molar-refractivity contribution >= 4 is 18.6 Å². The van der Waals surface area contributed by atoms with Crippen LogP contribution in [0.5, 0.6) is 5.75 Å². The lowest BCUT2D eigenvalue weighted by Gasteiger charge is -2.09. The van der Waals surface area contributed by atoms with E-state index in [1.54, 1.807) is 13.0 Å². The van der Waals surface area contributed by atoms with E-state index in [1.165, 1.54) is 12.1 Å². The van der Waals surface area contributed by atoms with Gasteiger partial charge >= 0.3 is 13.1 Å². The molecule has 0 radical (unpaired) electrons. The zero-order valence-electron chi connectivity index (χ0n) is 12.2. The molecule has 0 atom stereocenters. The molecule has 8 nitrogen and oxygen atoms in total. The topological polar surface area (TPSA) is 118 Å². The second kappa shape index (κ2) is 7.05. The van der Waals surface area contributed by atoms with E-state index in [9.17, 15) is 14.8 Å². The third kappa shape index (κ3) is 3.44. The van der Waals surface area contributed by atoms with E-state index in [0.29, 0.717) is 17.9 Å². The van der Waals surface area contributed by atoms with Crippen LogP contribution in [0, 0.1) is 0 Å². The number of benzene rings is 1. The monoisotopic (exact) mass is 305 g/mol. The first-order valence-corrected chi connectivity index (χ1v) is 6.79. The molecule has 1 aromatic heterocycles. The van der Waals surface area contributed by atoms with Gasteiger partial charge in [-0.25, -0.2) is 4.79 Å². The van der Waals surface area contributed by atoms with Crippen molar-refractivity contribution in [3.05, 3.63) is 23.9 Å². The van der Waals surface area contributed by atoms with Gasteiger partial charge in [0.2, 0.25) is 0 Å². The standard InChI is InChI=1S/C13H16BN3O5/c1-3-21-10-6-8(5-9(7-10)14(19)20)11-12(16-17-15-11)13(18)22-4-2/h5-7,19-20H,3-4H2,1-2H3,(H,15,16,17). The fourth-order valence-electron chi connectivity index (χ4n) is 1.93. The molecule has 0 saturated heterocycles. The van der Waals surface area contributed by atoms with Crippen LogP contribution in [0.1, 0.15) is 24.3 Å². The third-order valence-electron chi connectivity index (χ3n) is 2.83. The molecule has 22 heavy (non-hydrogen) atoms. The fourth-order valence-corrected chi connectivity index (χ4v) is 1.93. The predicted octanol–water partition coefficient (Wildman–Crippen LogP) is -0.273. The molecule has 1 heterocycles. The van der Waals surface area contributed by atoms with E-state index in [2.05, 4.69) is 15.4 Å². The molecule has 0 spiro atoms. The summed E-state index contributed by atoms with van der Waals surface area (Å²) in [6.45, 7) is 4.12. The summed E-state index contributed by atoms with van der Waals surface area (Å²) >= 11 is 0. The fraction of sp³-hybridized carbons (Fsp3) is 0.308. The number of hydrogen-bond donors (Lipinski definition) is 3. The molecule has 116 valence electrons. The van der Waals surface area contributed by atoms with Gasteiger partial charge in [0.05, 0.1) is 13.2 Å². The van der Waals surface area contributed by atoms with E-state index in [1.807, 2.05) is 6.92 Å². The second-order valence-electron chi connectivity index (χ2n) is 4.34. The average Bonchev–Trinajstić information content (AvgIpc) is 2.97. The number of carbonyl (C=O) groups excluding carboxylic acids is 1. The van der Waals surface area contributed by atoms with Crippen LogP contribution >= 0.6 is 0 Å². The maximum absolute atomic E-state index is 11.9. The van der Waals surface area contributed by atoms with Gasteiger partial charge in [0.1, 0.15) is 11.4 Å². The third-order valence-corrected chi connectivity index (χ3v) is 2.83. The van der Waals surface area contributed by atoms with Crippen LogP contribution in [0.15, 0.2) is 18.2 Å². The van der Waals surface area contributed by atoms with Crippen LogP contribution in [0.4, 0.5) is 0 Å². The van der Waals surface area contributed by atoms with Crippen LogP contribution in [0.25, 0.3) is 11.3 Å². The zero-order chi connectivity index (χ0) is 16.1. The highest BCUT2D eigenvalue weighted by atomic mass is 16.5. The largest absolute Gasteiger partial charge is 0.494 e. The average molecular weight is 305 g/mol. The predicted molar refractivity (Wildman–Crippen MR) is 78.8 cm³/mol. The lowest BCUT2D eigenvalue weighted by atomic mass is 9.79. The zero-order valence-corrected chi connectivity index (χ0v) is 12.2. The Morgan fingerprint density at radius 3 is 2.64 bits per heavy atom. The van der Waals surface area contributed by atoms with Gasteiger partial charge in [-0.05, 0) is 31.4 Å². The maximum atomic E-state index is 11.9. The van der Waals surface area contributed by atoms with Gasteiger partial charge in [0.25, 0.3) is 0 Å². The van der Waals surface area contributed by atoms with Gasteiger partial charge in [-0.15, -0.1) is 5.10 Å². The van der Waals surface area contributed by atoms with Crippen LogP contribution in [-0.4, -0.2) is 51.8 Å². The number of rotatable bonds is 6. The number of aromatic nitrogens is 3. The summed E-state index contributed by atoms with van der Waals surface area (Å²) in [5, 5.41) is 28.8. The Kier molecular flexibility index (Phi) is 5.13. The van der Waals surface area contributed by atoms with Gasteiger partial charge in [-0.2, -0.15) is 10.3 Å². The van der Waals surface area contributed by atoms with Gasteiger partial charge in [-0.3, -0.25) is 0 Å². The molecule has 0 aliphatic rings. The molecule has 3 N–H and O–H groups in total. The van der Waals surface area contributed by atoms with E-state index in [4.69, 9.17) is 9.47 Å². The minimum absolute atomic E-state index is 0.0221. The Bertz CT molecular complexity index is 659. The van der Waals surface area contributed by atoms with E-state index in [0.717, 1.165) is 0 Å². The SMILES string of the molecule is CCOC(=O)c1n[nH]nc1-c1cc(OCC)cc(B(O)O)c1. The highest BCUT2D eigenvalue weighted by Gasteiger charge is 2.22. The van der Waals surface area contributed by atoms with Crippen molar-refractivity contribution < 1.29 is 24.3 Å². The summed E-state index contributed by atoms with van der Waals surface area (Å²) in [4.78, 5) is 11.9. The van der Waals surface area contributed by atoms with E-state index in [-0.39, 0.29) is 23.5 Å². The molecular formula is C13H16BN3O5. The molecule has 0 amide bonds. The smallest absolute Gasteiger partial charge is 0.488 e. The molecule has 0 saturated carbocycles. The first kappa shape index (κ1) is 16.0. The van der Waals surface area contributed by atoms with Gasteiger partial charge < -0.3 is 19.5 Å². The summed E-state index contributed by atoms with van der Waals surface area (Å²) in [6.07, 6.45) is 0. The van der Waals surface area contributed by atoms with Crippen molar-refractivity contribution in [2.45, 2.75) is 13.8 Å². The van der Waals surface area contributed by atoms with Crippen molar-refractivity contribution in [3.8, 4) is 17.0 Å². The number of H-pyrrole nitrogens is 1. The van der Waals surface area contributed by atoms with Crippen LogP contribution in [-0.2, 0) is 4.74 Å². The minimum Gasteiger partial charge on any atom is -0.494 e. The summed E-state index contributed by atoms with van der Waals surface area (Å²) in [7, 11) is -1.67. The number of carbonyl (C=O) groups is 1. The van der Waals surface area contributed by atoms with Gasteiger partial charge in [0.15, 0.2) is 5.69 Å². The summed E-state index contributed by atoms with van der Waals surface area (Å²) in [5.41, 5.74) is 0.959. The second-order valence-corrected chi connectivity index (χ2v) is 4.34. The molecule has 2 aromatic rings. The highest BCUT2D eigenvalue weighted by Crippen LogP contribution is 2.24. The normalized spacial score (nSPS) is 10.4. The molecule has 9 heteroatoms. The molecule has 0 aliphatic carbocycles. The van der Waals surface area contributed by atoms with Gasteiger partial charge in [-0.1, -0.05) is 6.07 Å². The molecular weight excluding hydrogens is 289 g/mol. The summed E-state index contributed by atoms with van der Waals surface area (Å²) in [6, 6.07) is 4.63. The van der Waals surface area contributed by atoms with Crippen molar-refractivity contribution in [1.29, 1.82) is 0 Å². The number of nitrogens with zero attached hydrogens (tertiary/aromatic N) is 2. The summed E-state index contributed by atoms with van der Waals surface area (Å²) < 4.78 is 10.3. The lowest BCUT2D eigenvalue weighted by Crippen LogP contribution is -2.30. The molecule has 0 fully saturated rings. The Morgan fingerprint density at radius 1 is 1.23 bits per heavy atom. The molecule has 0 aliphatic heterocycles. The van der Waals surface area contributed by atoms with Crippen LogP contribution in [0.3, 0.4) is 0 Å². The van der Waals surface area contributed by atoms with Gasteiger partial charge in [0, 0.05) is 5.56 Å². The van der Waals surface area contributed by atoms with Crippen molar-refractivity contribution in [1.82, 2.24) is 15.4 Å². The Hall–Kier alpha value is -2.39. The Morgan fingerprint density at radius 2 is 2.00 bits per heavy atom. The molecule has 1 aromatic carbocycles. The first-order valence-electron chi connectivity index (χ1n) is 6.79. The van der Waals surface area contributed by atoms with Crippen LogP contribution in [0.2, 0.25) is 0 Å². The van der Waals surface area contributed by atoms with E-state index < -0.39 is 13.1 Å². The van der Waals surface area contributed by atoms with Crippen LogP contribution < -0.4 is 10.2 Å². The molecule has 2 rings (SSSR count). The Labute approximate surface area is 127 Å². The molecule has 0 unspecified atom stereocenters. The maximum Gasteiger partial charge on any atom is 0.488 e. The number of nitrogens with one attached hydrogen (secondary N) is 1. The number of esters is 1. The first-order chi connectivity index (χ1) is 10.6.